The summed E-state index contributed by atoms with van der Waals surface area (Å²) in [6.07, 6.45) is 5.80. The topological polar surface area (TPSA) is 74.3 Å². The Kier molecular flexibility index (Phi) is 3.03. The summed E-state index contributed by atoms with van der Waals surface area (Å²) in [6.45, 7) is 3.84. The van der Waals surface area contributed by atoms with E-state index in [-0.39, 0.29) is 5.82 Å². The second kappa shape index (κ2) is 5.29. The standard InChI is InChI=1S/C18H14FN7/c1-10-7-20-18(21-8-10)17-16-6-14-11(2)23-24-26(14)15-5-12(19)3-4-13(15)25(16)9-22-17/h3-5,7-9H,6H2,1-2H3. The van der Waals surface area contributed by atoms with Gasteiger partial charge < -0.3 is 0 Å². The number of hydrogen-bond acceptors (Lipinski definition) is 5. The number of nitrogens with zero attached hydrogens (tertiary/aromatic N) is 7. The van der Waals surface area contributed by atoms with Gasteiger partial charge >= 0.3 is 0 Å². The summed E-state index contributed by atoms with van der Waals surface area (Å²) < 4.78 is 17.5. The van der Waals surface area contributed by atoms with Gasteiger partial charge in [-0.15, -0.1) is 5.10 Å². The largest absolute Gasteiger partial charge is 0.300 e. The Hall–Kier alpha value is -3.42. The van der Waals surface area contributed by atoms with E-state index >= 15 is 0 Å². The monoisotopic (exact) mass is 347 g/mol. The molecule has 0 atom stereocenters. The number of rotatable bonds is 1. The highest BCUT2D eigenvalue weighted by atomic mass is 19.1. The fraction of sp³-hybridized carbons (Fsp3) is 0.167. The highest BCUT2D eigenvalue weighted by Gasteiger charge is 2.26. The predicted molar refractivity (Wildman–Crippen MR) is 91.7 cm³/mol. The minimum absolute atomic E-state index is 0.325. The fourth-order valence-corrected chi connectivity index (χ4v) is 3.25. The SMILES string of the molecule is Cc1cnc(-c2ncn3c2Cc2c(C)nnn2-c2cc(F)ccc2-3)nc1. The number of halogens is 1. The van der Waals surface area contributed by atoms with Crippen LogP contribution in [0.4, 0.5) is 4.39 Å². The first-order valence-electron chi connectivity index (χ1n) is 8.18. The minimum atomic E-state index is -0.325. The second-order valence-corrected chi connectivity index (χ2v) is 6.34. The molecule has 1 aliphatic heterocycles. The first-order valence-corrected chi connectivity index (χ1v) is 8.18. The summed E-state index contributed by atoms with van der Waals surface area (Å²) >= 11 is 0. The highest BCUT2D eigenvalue weighted by Crippen LogP contribution is 2.32. The molecule has 4 aromatic rings. The number of aryl methyl sites for hydroxylation is 2. The lowest BCUT2D eigenvalue weighted by Crippen LogP contribution is -2.04. The maximum atomic E-state index is 13.9. The maximum Gasteiger partial charge on any atom is 0.180 e. The molecule has 0 N–H and O–H groups in total. The normalized spacial score (nSPS) is 12.3. The van der Waals surface area contributed by atoms with E-state index in [9.17, 15) is 4.39 Å². The minimum Gasteiger partial charge on any atom is -0.300 e. The van der Waals surface area contributed by atoms with Crippen LogP contribution in [0.1, 0.15) is 22.6 Å². The van der Waals surface area contributed by atoms with E-state index < -0.39 is 0 Å². The summed E-state index contributed by atoms with van der Waals surface area (Å²) in [5.41, 5.74) is 5.72. The molecule has 4 heterocycles. The van der Waals surface area contributed by atoms with Crippen molar-refractivity contribution in [3.8, 4) is 22.9 Å². The number of fused-ring (bicyclic) bond motifs is 5. The van der Waals surface area contributed by atoms with Crippen LogP contribution in [0.3, 0.4) is 0 Å². The number of imidazole rings is 1. The van der Waals surface area contributed by atoms with E-state index in [0.717, 1.165) is 28.3 Å². The van der Waals surface area contributed by atoms with Crippen molar-refractivity contribution in [3.63, 3.8) is 0 Å². The van der Waals surface area contributed by atoms with Gasteiger partial charge in [0.05, 0.1) is 28.5 Å². The highest BCUT2D eigenvalue weighted by molar-refractivity contribution is 5.62. The molecule has 8 heteroatoms. The molecule has 5 rings (SSSR count). The number of hydrogen-bond donors (Lipinski definition) is 0. The molecule has 0 saturated carbocycles. The van der Waals surface area contributed by atoms with Crippen molar-refractivity contribution in [2.45, 2.75) is 20.3 Å². The van der Waals surface area contributed by atoms with Gasteiger partial charge in [0.15, 0.2) is 5.82 Å². The van der Waals surface area contributed by atoms with Crippen LogP contribution in [-0.2, 0) is 6.42 Å². The van der Waals surface area contributed by atoms with Gasteiger partial charge in [0, 0.05) is 24.9 Å². The Morgan fingerprint density at radius 3 is 2.62 bits per heavy atom. The van der Waals surface area contributed by atoms with Crippen LogP contribution in [0.2, 0.25) is 0 Å². The first-order chi connectivity index (χ1) is 12.6. The third-order valence-corrected chi connectivity index (χ3v) is 4.58. The van der Waals surface area contributed by atoms with Crippen molar-refractivity contribution in [1.29, 1.82) is 0 Å². The van der Waals surface area contributed by atoms with Crippen molar-refractivity contribution in [2.24, 2.45) is 0 Å². The average Bonchev–Trinajstić information content (AvgIpc) is 3.17. The molecule has 0 bridgehead atoms. The molecule has 7 nitrogen and oxygen atoms in total. The zero-order chi connectivity index (χ0) is 17.8. The zero-order valence-corrected chi connectivity index (χ0v) is 14.2. The average molecular weight is 347 g/mol. The summed E-state index contributed by atoms with van der Waals surface area (Å²) in [4.78, 5) is 13.4. The number of aromatic nitrogens is 7. The molecule has 0 radical (unpaired) electrons. The second-order valence-electron chi connectivity index (χ2n) is 6.34. The van der Waals surface area contributed by atoms with Crippen molar-refractivity contribution < 1.29 is 4.39 Å². The smallest absolute Gasteiger partial charge is 0.180 e. The van der Waals surface area contributed by atoms with E-state index in [1.54, 1.807) is 29.5 Å². The Labute approximate surface area is 148 Å². The van der Waals surface area contributed by atoms with Gasteiger partial charge in [0.2, 0.25) is 0 Å². The van der Waals surface area contributed by atoms with Gasteiger partial charge in [0.1, 0.15) is 17.8 Å². The van der Waals surface area contributed by atoms with E-state index in [2.05, 4.69) is 25.3 Å². The van der Waals surface area contributed by atoms with Crippen molar-refractivity contribution in [2.75, 3.05) is 0 Å². The van der Waals surface area contributed by atoms with Gasteiger partial charge in [-0.1, -0.05) is 5.21 Å². The van der Waals surface area contributed by atoms with Crippen LogP contribution in [0.15, 0.2) is 36.9 Å². The van der Waals surface area contributed by atoms with E-state index in [1.807, 2.05) is 18.4 Å². The molecule has 0 unspecified atom stereocenters. The van der Waals surface area contributed by atoms with Gasteiger partial charge in [-0.05, 0) is 31.5 Å². The van der Waals surface area contributed by atoms with Gasteiger partial charge in [-0.2, -0.15) is 0 Å². The Morgan fingerprint density at radius 1 is 1.00 bits per heavy atom. The van der Waals surface area contributed by atoms with Gasteiger partial charge in [0.25, 0.3) is 0 Å². The van der Waals surface area contributed by atoms with Crippen LogP contribution in [0.5, 0.6) is 0 Å². The third-order valence-electron chi connectivity index (χ3n) is 4.58. The van der Waals surface area contributed by atoms with Crippen LogP contribution < -0.4 is 0 Å². The first kappa shape index (κ1) is 14.9. The Morgan fingerprint density at radius 2 is 1.81 bits per heavy atom. The molecule has 0 spiro atoms. The number of benzene rings is 1. The molecule has 1 aromatic carbocycles. The van der Waals surface area contributed by atoms with E-state index in [0.29, 0.717) is 23.6 Å². The van der Waals surface area contributed by atoms with Crippen LogP contribution in [-0.4, -0.2) is 34.5 Å². The van der Waals surface area contributed by atoms with E-state index in [4.69, 9.17) is 0 Å². The van der Waals surface area contributed by atoms with Crippen molar-refractivity contribution >= 4 is 0 Å². The fourth-order valence-electron chi connectivity index (χ4n) is 3.25. The molecular formula is C18H14FN7. The Balaban J connectivity index is 1.80. The lowest BCUT2D eigenvalue weighted by atomic mass is 10.1. The molecular weight excluding hydrogens is 333 g/mol. The maximum absolute atomic E-state index is 13.9. The van der Waals surface area contributed by atoms with Crippen LogP contribution in [0, 0.1) is 19.7 Å². The van der Waals surface area contributed by atoms with Gasteiger partial charge in [-0.3, -0.25) is 4.57 Å². The lowest BCUT2D eigenvalue weighted by molar-refractivity contribution is 0.624. The van der Waals surface area contributed by atoms with Crippen molar-refractivity contribution in [1.82, 2.24) is 34.5 Å². The third kappa shape index (κ3) is 2.08. The Bertz CT molecular complexity index is 1140. The van der Waals surface area contributed by atoms with Gasteiger partial charge in [-0.25, -0.2) is 24.0 Å². The summed E-state index contributed by atoms with van der Waals surface area (Å²) in [6, 6.07) is 4.62. The molecule has 26 heavy (non-hydrogen) atoms. The predicted octanol–water partition coefficient (Wildman–Crippen LogP) is 2.57. The van der Waals surface area contributed by atoms with Crippen molar-refractivity contribution in [3.05, 3.63) is 65.4 Å². The molecule has 128 valence electrons. The molecule has 3 aromatic heterocycles. The zero-order valence-electron chi connectivity index (χ0n) is 14.2. The molecule has 0 saturated heterocycles. The van der Waals surface area contributed by atoms with E-state index in [1.165, 1.54) is 12.1 Å². The molecule has 1 aliphatic rings. The quantitative estimate of drug-likeness (QED) is 0.466. The summed E-state index contributed by atoms with van der Waals surface area (Å²) in [7, 11) is 0. The molecule has 0 amide bonds. The summed E-state index contributed by atoms with van der Waals surface area (Å²) in [5.74, 6) is 0.236. The molecule has 0 fully saturated rings. The lowest BCUT2D eigenvalue weighted by Gasteiger charge is -2.09. The molecule has 0 aliphatic carbocycles. The summed E-state index contributed by atoms with van der Waals surface area (Å²) in [5, 5.41) is 8.38. The van der Waals surface area contributed by atoms with Crippen LogP contribution >= 0.6 is 0 Å². The van der Waals surface area contributed by atoms with Crippen LogP contribution in [0.25, 0.3) is 22.9 Å².